The van der Waals surface area contributed by atoms with Crippen molar-refractivity contribution in [2.45, 2.75) is 18.7 Å². The van der Waals surface area contributed by atoms with Gasteiger partial charge in [-0.05, 0) is 32.0 Å². The number of hydrogen-bond donors (Lipinski definition) is 2. The Bertz CT molecular complexity index is 890. The minimum Gasteiger partial charge on any atom is -0.491 e. The van der Waals surface area contributed by atoms with Gasteiger partial charge in [-0.1, -0.05) is 0 Å². The summed E-state index contributed by atoms with van der Waals surface area (Å²) in [5, 5.41) is 2.97. The third-order valence-electron chi connectivity index (χ3n) is 3.51. The molecule has 0 unspecified atom stereocenters. The molecule has 148 valence electrons. The summed E-state index contributed by atoms with van der Waals surface area (Å²) >= 11 is 0. The molecule has 0 saturated carbocycles. The van der Waals surface area contributed by atoms with Gasteiger partial charge < -0.3 is 15.0 Å². The first-order chi connectivity index (χ1) is 12.7. The van der Waals surface area contributed by atoms with Gasteiger partial charge >= 0.3 is 0 Å². The van der Waals surface area contributed by atoms with Crippen molar-refractivity contribution in [3.05, 3.63) is 35.8 Å². The van der Waals surface area contributed by atoms with Crippen molar-refractivity contribution >= 4 is 21.8 Å². The highest BCUT2D eigenvalue weighted by Crippen LogP contribution is 2.21. The molecule has 1 heterocycles. The monoisotopic (exact) mass is 397 g/mol. The van der Waals surface area contributed by atoms with Crippen LogP contribution in [0.25, 0.3) is 0 Å². The molecule has 2 N–H and O–H groups in total. The molecule has 0 radical (unpaired) electrons. The molecule has 10 heteroatoms. The zero-order valence-electron chi connectivity index (χ0n) is 15.8. The fourth-order valence-electron chi connectivity index (χ4n) is 2.22. The molecule has 0 aliphatic carbocycles. The van der Waals surface area contributed by atoms with E-state index in [4.69, 9.17) is 4.74 Å². The second kappa shape index (κ2) is 8.96. The van der Waals surface area contributed by atoms with Crippen LogP contribution in [0.3, 0.4) is 0 Å². The highest BCUT2D eigenvalue weighted by Gasteiger charge is 2.16. The third kappa shape index (κ3) is 5.76. The summed E-state index contributed by atoms with van der Waals surface area (Å²) in [7, 11) is -0.0919. The zero-order chi connectivity index (χ0) is 20.0. The summed E-state index contributed by atoms with van der Waals surface area (Å²) in [5.41, 5.74) is 0.793. The highest BCUT2D eigenvalue weighted by atomic mass is 32.2. The first-order valence-electron chi connectivity index (χ1n) is 8.42. The van der Waals surface area contributed by atoms with E-state index in [1.54, 1.807) is 6.92 Å². The largest absolute Gasteiger partial charge is 0.491 e. The lowest BCUT2D eigenvalue weighted by Gasteiger charge is -2.14. The topological polar surface area (TPSA) is 96.5 Å². The molecule has 0 spiro atoms. The van der Waals surface area contributed by atoms with E-state index >= 15 is 0 Å². The lowest BCUT2D eigenvalue weighted by molar-refractivity contribution is 0.321. The van der Waals surface area contributed by atoms with Crippen molar-refractivity contribution in [2.24, 2.45) is 0 Å². The molecule has 0 bridgehead atoms. The minimum atomic E-state index is -3.83. The number of sulfonamides is 1. The average molecular weight is 397 g/mol. The molecule has 0 fully saturated rings. The number of rotatable bonds is 9. The maximum absolute atomic E-state index is 13.9. The first kappa shape index (κ1) is 20.8. The number of anilines is 2. The molecule has 1 aromatic heterocycles. The normalized spacial score (nSPS) is 11.3. The maximum Gasteiger partial charge on any atom is 0.240 e. The molecular weight excluding hydrogens is 373 g/mol. The molecule has 0 aliphatic rings. The summed E-state index contributed by atoms with van der Waals surface area (Å²) in [6, 6.07) is 5.38. The summed E-state index contributed by atoms with van der Waals surface area (Å²) in [4.78, 5) is 10.3. The molecule has 1 aromatic carbocycles. The molecule has 8 nitrogen and oxygen atoms in total. The van der Waals surface area contributed by atoms with E-state index in [0.29, 0.717) is 12.6 Å². The van der Waals surface area contributed by atoms with Crippen LogP contribution in [0.4, 0.5) is 16.2 Å². The van der Waals surface area contributed by atoms with Crippen molar-refractivity contribution in [3.8, 4) is 5.75 Å². The van der Waals surface area contributed by atoms with Crippen LogP contribution in [0.1, 0.15) is 12.6 Å². The third-order valence-corrected chi connectivity index (χ3v) is 4.97. The van der Waals surface area contributed by atoms with E-state index in [1.807, 2.05) is 32.0 Å². The summed E-state index contributed by atoms with van der Waals surface area (Å²) in [6.45, 7) is 4.23. The second-order valence-electron chi connectivity index (χ2n) is 5.94. The number of nitrogens with zero attached hydrogens (tertiary/aromatic N) is 3. The van der Waals surface area contributed by atoms with E-state index in [1.165, 1.54) is 12.1 Å². The van der Waals surface area contributed by atoms with Gasteiger partial charge in [-0.15, -0.1) is 0 Å². The maximum atomic E-state index is 13.9. The second-order valence-corrected chi connectivity index (χ2v) is 7.70. The van der Waals surface area contributed by atoms with E-state index in [-0.39, 0.29) is 23.7 Å². The van der Waals surface area contributed by atoms with Crippen molar-refractivity contribution in [2.75, 3.05) is 44.0 Å². The first-order valence-corrected chi connectivity index (χ1v) is 9.90. The number of aromatic nitrogens is 2. The average Bonchev–Trinajstić information content (AvgIpc) is 2.60. The fraction of sp³-hybridized carbons (Fsp3) is 0.412. The SMILES string of the molecule is CCOc1ccc(S(=O)(=O)NCCNc2nc(C)cc(N(C)C)n2)cc1F. The van der Waals surface area contributed by atoms with E-state index in [2.05, 4.69) is 20.0 Å². The van der Waals surface area contributed by atoms with Gasteiger partial charge in [-0.25, -0.2) is 22.5 Å². The van der Waals surface area contributed by atoms with Crippen LogP contribution in [0, 0.1) is 12.7 Å². The van der Waals surface area contributed by atoms with Crippen LogP contribution in [-0.4, -0.2) is 52.2 Å². The van der Waals surface area contributed by atoms with Crippen molar-refractivity contribution in [1.29, 1.82) is 0 Å². The fourth-order valence-corrected chi connectivity index (χ4v) is 3.27. The van der Waals surface area contributed by atoms with Crippen LogP contribution < -0.4 is 19.7 Å². The minimum absolute atomic E-state index is 0.0198. The number of nitrogens with one attached hydrogen (secondary N) is 2. The molecule has 2 rings (SSSR count). The summed E-state index contributed by atoms with van der Waals surface area (Å²) in [5.74, 6) is 0.453. The Morgan fingerprint density at radius 1 is 1.19 bits per heavy atom. The Labute approximate surface area is 158 Å². The van der Waals surface area contributed by atoms with Gasteiger partial charge in [0.2, 0.25) is 16.0 Å². The molecule has 0 saturated heterocycles. The van der Waals surface area contributed by atoms with Crippen LogP contribution >= 0.6 is 0 Å². The quantitative estimate of drug-likeness (QED) is 0.623. The molecule has 27 heavy (non-hydrogen) atoms. The van der Waals surface area contributed by atoms with Crippen molar-refractivity contribution in [3.63, 3.8) is 0 Å². The molecular formula is C17H24FN5O3S. The molecule has 2 aromatic rings. The standard InChI is InChI=1S/C17H24FN5O3S/c1-5-26-15-7-6-13(11-14(15)18)27(24,25)20-9-8-19-17-21-12(2)10-16(22-17)23(3)4/h6-7,10-11,20H,5,8-9H2,1-4H3,(H,19,21,22). The highest BCUT2D eigenvalue weighted by molar-refractivity contribution is 7.89. The van der Waals surface area contributed by atoms with E-state index < -0.39 is 15.8 Å². The lowest BCUT2D eigenvalue weighted by atomic mass is 10.3. The number of halogens is 1. The van der Waals surface area contributed by atoms with Gasteiger partial charge in [0, 0.05) is 38.9 Å². The van der Waals surface area contributed by atoms with Crippen LogP contribution in [0.5, 0.6) is 5.75 Å². The molecule has 0 aliphatic heterocycles. The zero-order valence-corrected chi connectivity index (χ0v) is 16.6. The Balaban J connectivity index is 1.95. The predicted octanol–water partition coefficient (Wildman–Crippen LogP) is 1.78. The van der Waals surface area contributed by atoms with Crippen LogP contribution in [0.2, 0.25) is 0 Å². The number of hydrogen-bond acceptors (Lipinski definition) is 7. The van der Waals surface area contributed by atoms with Gasteiger partial charge in [0.1, 0.15) is 5.82 Å². The number of benzene rings is 1. The summed E-state index contributed by atoms with van der Waals surface area (Å²) in [6.07, 6.45) is 0. The van der Waals surface area contributed by atoms with Crippen molar-refractivity contribution < 1.29 is 17.5 Å². The van der Waals surface area contributed by atoms with Gasteiger partial charge in [-0.3, -0.25) is 0 Å². The van der Waals surface area contributed by atoms with Crippen LogP contribution in [-0.2, 0) is 10.0 Å². The summed E-state index contributed by atoms with van der Waals surface area (Å²) < 4.78 is 45.9. The Morgan fingerprint density at radius 2 is 1.93 bits per heavy atom. The Kier molecular flexibility index (Phi) is 6.92. The predicted molar refractivity (Wildman–Crippen MR) is 102 cm³/mol. The van der Waals surface area contributed by atoms with Crippen molar-refractivity contribution in [1.82, 2.24) is 14.7 Å². The Morgan fingerprint density at radius 3 is 2.56 bits per heavy atom. The van der Waals surface area contributed by atoms with Gasteiger partial charge in [-0.2, -0.15) is 4.98 Å². The number of ether oxygens (including phenoxy) is 1. The lowest BCUT2D eigenvalue weighted by Crippen LogP contribution is -2.29. The Hall–Kier alpha value is -2.46. The number of aryl methyl sites for hydroxylation is 1. The molecule has 0 atom stereocenters. The van der Waals surface area contributed by atoms with Crippen LogP contribution in [0.15, 0.2) is 29.2 Å². The molecule has 0 amide bonds. The van der Waals surface area contributed by atoms with E-state index in [0.717, 1.165) is 17.6 Å². The smallest absolute Gasteiger partial charge is 0.240 e. The van der Waals surface area contributed by atoms with Gasteiger partial charge in [0.05, 0.1) is 11.5 Å². The van der Waals surface area contributed by atoms with Gasteiger partial charge in [0.25, 0.3) is 0 Å². The van der Waals surface area contributed by atoms with Gasteiger partial charge in [0.15, 0.2) is 11.6 Å². The van der Waals surface area contributed by atoms with E-state index in [9.17, 15) is 12.8 Å².